The van der Waals surface area contributed by atoms with E-state index < -0.39 is 11.6 Å². The second kappa shape index (κ2) is 6.58. The van der Waals surface area contributed by atoms with Crippen LogP contribution in [0.2, 0.25) is 0 Å². The molecule has 0 aliphatic rings. The van der Waals surface area contributed by atoms with Crippen LogP contribution in [-0.4, -0.2) is 16.5 Å². The van der Waals surface area contributed by atoms with Crippen LogP contribution in [0.25, 0.3) is 0 Å². The fourth-order valence-electron chi connectivity index (χ4n) is 1.67. The summed E-state index contributed by atoms with van der Waals surface area (Å²) in [6.07, 6.45) is 1.81. The van der Waals surface area contributed by atoms with E-state index in [1.54, 1.807) is 0 Å². The highest BCUT2D eigenvalue weighted by Gasteiger charge is 2.07. The molecule has 0 radical (unpaired) electrons. The quantitative estimate of drug-likeness (QED) is 0.574. The normalized spacial score (nSPS) is 10.4. The highest BCUT2D eigenvalue weighted by atomic mass is 79.9. The first-order chi connectivity index (χ1) is 9.60. The summed E-state index contributed by atoms with van der Waals surface area (Å²) in [6, 6.07) is 3.44. The molecule has 1 heterocycles. The number of hydrogen-bond donors (Lipinski definition) is 3. The van der Waals surface area contributed by atoms with Gasteiger partial charge in [-0.25, -0.2) is 24.6 Å². The number of benzene rings is 1. The molecule has 0 unspecified atom stereocenters. The number of hydrogen-bond acceptors (Lipinski definition) is 5. The van der Waals surface area contributed by atoms with Gasteiger partial charge in [-0.3, -0.25) is 0 Å². The van der Waals surface area contributed by atoms with Crippen LogP contribution in [0.4, 0.5) is 20.4 Å². The summed E-state index contributed by atoms with van der Waals surface area (Å²) in [7, 11) is 0. The SMILES string of the molecule is NNc1ncnc(NCCc2cc(F)cc(F)c2)c1Br. The van der Waals surface area contributed by atoms with Crippen molar-refractivity contribution in [3.8, 4) is 0 Å². The van der Waals surface area contributed by atoms with Crippen LogP contribution in [0.3, 0.4) is 0 Å². The van der Waals surface area contributed by atoms with Crippen molar-refractivity contribution >= 4 is 27.6 Å². The van der Waals surface area contributed by atoms with E-state index in [2.05, 4.69) is 36.6 Å². The average Bonchev–Trinajstić information content (AvgIpc) is 2.39. The maximum atomic E-state index is 13.0. The van der Waals surface area contributed by atoms with Crippen molar-refractivity contribution in [3.05, 3.63) is 46.2 Å². The molecule has 1 aromatic heterocycles. The fourth-order valence-corrected chi connectivity index (χ4v) is 2.13. The minimum atomic E-state index is -0.585. The number of nitrogens with zero attached hydrogens (tertiary/aromatic N) is 2. The zero-order valence-corrected chi connectivity index (χ0v) is 11.9. The number of halogens is 3. The number of anilines is 2. The first-order valence-electron chi connectivity index (χ1n) is 5.76. The van der Waals surface area contributed by atoms with Gasteiger partial charge in [0.15, 0.2) is 5.82 Å². The summed E-state index contributed by atoms with van der Waals surface area (Å²) in [5, 5.41) is 3.04. The van der Waals surface area contributed by atoms with Crippen LogP contribution in [0.5, 0.6) is 0 Å². The van der Waals surface area contributed by atoms with E-state index >= 15 is 0 Å². The van der Waals surface area contributed by atoms with E-state index in [0.717, 1.165) is 6.07 Å². The summed E-state index contributed by atoms with van der Waals surface area (Å²) in [5.41, 5.74) is 2.99. The van der Waals surface area contributed by atoms with Gasteiger partial charge in [-0.2, -0.15) is 0 Å². The lowest BCUT2D eigenvalue weighted by molar-refractivity contribution is 0.580. The molecule has 2 aromatic rings. The zero-order chi connectivity index (χ0) is 14.5. The van der Waals surface area contributed by atoms with Gasteiger partial charge in [0, 0.05) is 12.6 Å². The van der Waals surface area contributed by atoms with Crippen LogP contribution >= 0.6 is 15.9 Å². The molecule has 0 bridgehead atoms. The number of aromatic nitrogens is 2. The maximum Gasteiger partial charge on any atom is 0.159 e. The van der Waals surface area contributed by atoms with Crippen LogP contribution < -0.4 is 16.6 Å². The van der Waals surface area contributed by atoms with Gasteiger partial charge >= 0.3 is 0 Å². The standard InChI is InChI=1S/C12H12BrF2N5/c13-10-11(18-6-19-12(10)20-16)17-2-1-7-3-8(14)5-9(15)4-7/h3-6H,1-2,16H2,(H2,17,18,19,20). The van der Waals surface area contributed by atoms with Gasteiger partial charge in [0.1, 0.15) is 28.3 Å². The van der Waals surface area contributed by atoms with Crippen molar-refractivity contribution in [2.75, 3.05) is 17.3 Å². The molecule has 0 fully saturated rings. The van der Waals surface area contributed by atoms with Gasteiger partial charge in [0.2, 0.25) is 0 Å². The van der Waals surface area contributed by atoms with E-state index in [4.69, 9.17) is 5.84 Å². The minimum Gasteiger partial charge on any atom is -0.369 e. The zero-order valence-electron chi connectivity index (χ0n) is 10.3. The number of nitrogens with one attached hydrogen (secondary N) is 2. The van der Waals surface area contributed by atoms with Crippen molar-refractivity contribution in [1.29, 1.82) is 0 Å². The smallest absolute Gasteiger partial charge is 0.159 e. The van der Waals surface area contributed by atoms with Crippen LogP contribution in [0.15, 0.2) is 29.0 Å². The molecule has 0 aliphatic heterocycles. The van der Waals surface area contributed by atoms with E-state index in [1.807, 2.05) is 0 Å². The predicted molar refractivity (Wildman–Crippen MR) is 76.1 cm³/mol. The Hall–Kier alpha value is -1.80. The highest BCUT2D eigenvalue weighted by Crippen LogP contribution is 2.25. The van der Waals surface area contributed by atoms with Crippen molar-refractivity contribution in [2.45, 2.75) is 6.42 Å². The predicted octanol–water partition coefficient (Wildman–Crippen LogP) is 2.46. The van der Waals surface area contributed by atoms with Crippen LogP contribution in [0, 0.1) is 11.6 Å². The van der Waals surface area contributed by atoms with E-state index in [-0.39, 0.29) is 0 Å². The largest absolute Gasteiger partial charge is 0.369 e. The van der Waals surface area contributed by atoms with Crippen molar-refractivity contribution in [3.63, 3.8) is 0 Å². The molecule has 0 saturated carbocycles. The minimum absolute atomic E-state index is 0.444. The molecule has 106 valence electrons. The molecule has 20 heavy (non-hydrogen) atoms. The Kier molecular flexibility index (Phi) is 4.80. The molecule has 0 aliphatic carbocycles. The molecule has 0 spiro atoms. The monoisotopic (exact) mass is 343 g/mol. The molecule has 4 N–H and O–H groups in total. The molecule has 0 atom stereocenters. The summed E-state index contributed by atoms with van der Waals surface area (Å²) >= 11 is 3.30. The lowest BCUT2D eigenvalue weighted by Crippen LogP contribution is -2.12. The Morgan fingerprint density at radius 3 is 2.40 bits per heavy atom. The van der Waals surface area contributed by atoms with E-state index in [1.165, 1.54) is 18.5 Å². The van der Waals surface area contributed by atoms with Gasteiger partial charge in [-0.1, -0.05) is 0 Å². The lowest BCUT2D eigenvalue weighted by Gasteiger charge is -2.09. The molecule has 5 nitrogen and oxygen atoms in total. The Labute approximate surface area is 122 Å². The Balaban J connectivity index is 1.99. The first-order valence-corrected chi connectivity index (χ1v) is 6.55. The van der Waals surface area contributed by atoms with Gasteiger partial charge < -0.3 is 10.7 Å². The average molecular weight is 344 g/mol. The lowest BCUT2D eigenvalue weighted by atomic mass is 10.1. The third-order valence-electron chi connectivity index (χ3n) is 2.55. The summed E-state index contributed by atoms with van der Waals surface area (Å²) < 4.78 is 26.7. The van der Waals surface area contributed by atoms with Gasteiger partial charge in [0.05, 0.1) is 0 Å². The van der Waals surface area contributed by atoms with Crippen LogP contribution in [0.1, 0.15) is 5.56 Å². The summed E-state index contributed by atoms with van der Waals surface area (Å²) in [5.74, 6) is 5.11. The number of nitrogens with two attached hydrogens (primary N) is 1. The molecule has 2 rings (SSSR count). The number of nitrogen functional groups attached to an aromatic ring is 1. The number of rotatable bonds is 5. The highest BCUT2D eigenvalue weighted by molar-refractivity contribution is 9.10. The summed E-state index contributed by atoms with van der Waals surface area (Å²) in [4.78, 5) is 7.95. The third kappa shape index (κ3) is 3.61. The Morgan fingerprint density at radius 1 is 1.10 bits per heavy atom. The van der Waals surface area contributed by atoms with Crippen LogP contribution in [-0.2, 0) is 6.42 Å². The second-order valence-corrected chi connectivity index (χ2v) is 4.78. The first kappa shape index (κ1) is 14.6. The Bertz CT molecular complexity index is 588. The van der Waals surface area contributed by atoms with E-state index in [9.17, 15) is 8.78 Å². The number of hydrazine groups is 1. The van der Waals surface area contributed by atoms with Gasteiger partial charge in [-0.15, -0.1) is 0 Å². The topological polar surface area (TPSA) is 75.9 Å². The van der Waals surface area contributed by atoms with Gasteiger partial charge in [0.25, 0.3) is 0 Å². The van der Waals surface area contributed by atoms with E-state index in [0.29, 0.717) is 34.6 Å². The van der Waals surface area contributed by atoms with Crippen molar-refractivity contribution in [2.24, 2.45) is 5.84 Å². The molecular weight excluding hydrogens is 332 g/mol. The van der Waals surface area contributed by atoms with Crippen molar-refractivity contribution < 1.29 is 8.78 Å². The van der Waals surface area contributed by atoms with Crippen molar-refractivity contribution in [1.82, 2.24) is 9.97 Å². The third-order valence-corrected chi connectivity index (χ3v) is 3.31. The van der Waals surface area contributed by atoms with Gasteiger partial charge in [-0.05, 0) is 40.0 Å². The molecule has 0 saturated heterocycles. The fraction of sp³-hybridized carbons (Fsp3) is 0.167. The second-order valence-electron chi connectivity index (χ2n) is 3.98. The maximum absolute atomic E-state index is 13.0. The molecular formula is C12H12BrF2N5. The molecule has 1 aromatic carbocycles. The molecule has 8 heteroatoms. The molecule has 0 amide bonds. The Morgan fingerprint density at radius 2 is 1.75 bits per heavy atom. The summed E-state index contributed by atoms with van der Waals surface area (Å²) in [6.45, 7) is 0.461.